The van der Waals surface area contributed by atoms with E-state index >= 15 is 0 Å². The summed E-state index contributed by atoms with van der Waals surface area (Å²) in [7, 11) is -2.54. The first kappa shape index (κ1) is 23.4. The highest BCUT2D eigenvalue weighted by Gasteiger charge is 2.26. The highest BCUT2D eigenvalue weighted by Crippen LogP contribution is 2.20. The van der Waals surface area contributed by atoms with Crippen LogP contribution in [0, 0.1) is 0 Å². The predicted molar refractivity (Wildman–Crippen MR) is 113 cm³/mol. The number of morpholine rings is 1. The van der Waals surface area contributed by atoms with E-state index in [1.165, 1.54) is 47.8 Å². The second-order valence-corrected chi connectivity index (χ2v) is 8.64. The molecule has 0 unspecified atom stereocenters. The normalized spacial score (nSPS) is 14.4. The number of methoxy groups -OCH3 is 1. The number of nitrogens with one attached hydrogen (secondary N) is 1. The first-order valence-electron chi connectivity index (χ1n) is 9.65. The van der Waals surface area contributed by atoms with E-state index in [0.29, 0.717) is 13.2 Å². The molecule has 10 nitrogen and oxygen atoms in total. The number of hydrogen-bond donors (Lipinski definition) is 1. The van der Waals surface area contributed by atoms with E-state index in [4.69, 9.17) is 9.47 Å². The Balaban J connectivity index is 1.63. The predicted octanol–water partition coefficient (Wildman–Crippen LogP) is 1.29. The number of benzene rings is 2. The monoisotopic (exact) mass is 462 g/mol. The van der Waals surface area contributed by atoms with Gasteiger partial charge < -0.3 is 19.5 Å². The summed E-state index contributed by atoms with van der Waals surface area (Å²) in [6.45, 7) is 0.513. The Morgan fingerprint density at radius 2 is 1.66 bits per heavy atom. The number of amides is 1. The fourth-order valence-electron chi connectivity index (χ4n) is 3.03. The quantitative estimate of drug-likeness (QED) is 0.610. The van der Waals surface area contributed by atoms with Crippen LogP contribution >= 0.6 is 0 Å². The van der Waals surface area contributed by atoms with Gasteiger partial charge in [0, 0.05) is 18.8 Å². The van der Waals surface area contributed by atoms with Gasteiger partial charge in [0.15, 0.2) is 6.61 Å². The molecule has 11 heteroatoms. The summed E-state index contributed by atoms with van der Waals surface area (Å²) in [4.78, 5) is 36.3. The van der Waals surface area contributed by atoms with Gasteiger partial charge in [-0.25, -0.2) is 18.0 Å². The van der Waals surface area contributed by atoms with Crippen molar-refractivity contribution in [3.63, 3.8) is 0 Å². The van der Waals surface area contributed by atoms with Crippen molar-refractivity contribution in [1.82, 2.24) is 4.31 Å². The molecule has 32 heavy (non-hydrogen) atoms. The summed E-state index contributed by atoms with van der Waals surface area (Å²) in [6.07, 6.45) is 0. The van der Waals surface area contributed by atoms with Crippen LogP contribution in [0.1, 0.15) is 20.7 Å². The molecule has 0 atom stereocenters. The number of nitrogens with zero attached hydrogens (tertiary/aromatic N) is 1. The highest BCUT2D eigenvalue weighted by molar-refractivity contribution is 7.89. The summed E-state index contributed by atoms with van der Waals surface area (Å²) in [6, 6.07) is 11.7. The van der Waals surface area contributed by atoms with E-state index in [1.54, 1.807) is 12.1 Å². The SMILES string of the molecule is COC(=O)c1ccccc1C(=O)OCC(=O)Nc1cccc(S(=O)(=O)N2CCOCC2)c1. The van der Waals surface area contributed by atoms with Crippen LogP contribution in [0.2, 0.25) is 0 Å². The standard InChI is InChI=1S/C21H22N2O8S/c1-29-20(25)17-7-2-3-8-18(17)21(26)31-14-19(24)22-15-5-4-6-16(13-15)32(27,28)23-9-11-30-12-10-23/h2-8,13H,9-12,14H2,1H3,(H,22,24). The molecular weight excluding hydrogens is 440 g/mol. The Morgan fingerprint density at radius 1 is 1.00 bits per heavy atom. The molecule has 1 saturated heterocycles. The minimum Gasteiger partial charge on any atom is -0.465 e. The number of esters is 2. The lowest BCUT2D eigenvalue weighted by Gasteiger charge is -2.26. The average Bonchev–Trinajstić information content (AvgIpc) is 2.82. The van der Waals surface area contributed by atoms with Gasteiger partial charge in [0.2, 0.25) is 10.0 Å². The zero-order valence-electron chi connectivity index (χ0n) is 17.3. The molecule has 0 saturated carbocycles. The Labute approximate surface area is 185 Å². The highest BCUT2D eigenvalue weighted by atomic mass is 32.2. The molecule has 1 heterocycles. The second-order valence-electron chi connectivity index (χ2n) is 6.71. The largest absolute Gasteiger partial charge is 0.465 e. The molecule has 2 aromatic rings. The maximum Gasteiger partial charge on any atom is 0.339 e. The van der Waals surface area contributed by atoms with Gasteiger partial charge in [0.25, 0.3) is 5.91 Å². The van der Waals surface area contributed by atoms with Crippen molar-refractivity contribution in [2.24, 2.45) is 0 Å². The van der Waals surface area contributed by atoms with Crippen molar-refractivity contribution >= 4 is 33.6 Å². The van der Waals surface area contributed by atoms with Gasteiger partial charge >= 0.3 is 11.9 Å². The van der Waals surface area contributed by atoms with E-state index in [2.05, 4.69) is 10.1 Å². The minimum atomic E-state index is -3.72. The summed E-state index contributed by atoms with van der Waals surface area (Å²) >= 11 is 0. The van der Waals surface area contributed by atoms with Crippen LogP contribution in [-0.4, -0.2) is 70.6 Å². The maximum atomic E-state index is 12.8. The van der Waals surface area contributed by atoms with Crippen molar-refractivity contribution in [2.75, 3.05) is 45.3 Å². The smallest absolute Gasteiger partial charge is 0.339 e. The molecule has 0 aliphatic carbocycles. The maximum absolute atomic E-state index is 12.8. The van der Waals surface area contributed by atoms with E-state index in [0.717, 1.165) is 0 Å². The third-order valence-electron chi connectivity index (χ3n) is 4.61. The number of sulfonamides is 1. The average molecular weight is 462 g/mol. The van der Waals surface area contributed by atoms with E-state index in [-0.39, 0.29) is 34.8 Å². The first-order valence-corrected chi connectivity index (χ1v) is 11.1. The number of hydrogen-bond acceptors (Lipinski definition) is 8. The number of ether oxygens (including phenoxy) is 3. The van der Waals surface area contributed by atoms with Crippen LogP contribution in [0.5, 0.6) is 0 Å². The van der Waals surface area contributed by atoms with Crippen LogP contribution in [0.25, 0.3) is 0 Å². The minimum absolute atomic E-state index is 0.0152. The molecule has 2 aromatic carbocycles. The van der Waals surface area contributed by atoms with Crippen molar-refractivity contribution in [3.8, 4) is 0 Å². The third kappa shape index (κ3) is 5.49. The molecule has 3 rings (SSSR count). The Morgan fingerprint density at radius 3 is 2.31 bits per heavy atom. The third-order valence-corrected chi connectivity index (χ3v) is 6.51. The zero-order valence-corrected chi connectivity index (χ0v) is 18.1. The fraction of sp³-hybridized carbons (Fsp3) is 0.286. The molecule has 0 radical (unpaired) electrons. The van der Waals surface area contributed by atoms with Gasteiger partial charge in [-0.05, 0) is 30.3 Å². The van der Waals surface area contributed by atoms with Crippen molar-refractivity contribution in [2.45, 2.75) is 4.90 Å². The van der Waals surface area contributed by atoms with Gasteiger partial charge in [0.1, 0.15) is 0 Å². The molecule has 0 spiro atoms. The van der Waals surface area contributed by atoms with E-state index in [1.807, 2.05) is 0 Å². The van der Waals surface area contributed by atoms with Gasteiger partial charge in [-0.1, -0.05) is 18.2 Å². The second kappa shape index (κ2) is 10.4. The Hall–Kier alpha value is -3.28. The Kier molecular flexibility index (Phi) is 7.57. The topological polar surface area (TPSA) is 128 Å². The van der Waals surface area contributed by atoms with Crippen molar-refractivity contribution in [1.29, 1.82) is 0 Å². The van der Waals surface area contributed by atoms with Crippen molar-refractivity contribution in [3.05, 3.63) is 59.7 Å². The molecule has 0 bridgehead atoms. The molecule has 1 aliphatic rings. The lowest BCUT2D eigenvalue weighted by Crippen LogP contribution is -2.40. The summed E-state index contributed by atoms with van der Waals surface area (Å²) in [5, 5.41) is 2.50. The van der Waals surface area contributed by atoms with Crippen LogP contribution in [0.15, 0.2) is 53.4 Å². The Bertz CT molecular complexity index is 1110. The van der Waals surface area contributed by atoms with Gasteiger partial charge in [-0.15, -0.1) is 0 Å². The first-order chi connectivity index (χ1) is 15.3. The van der Waals surface area contributed by atoms with Crippen LogP contribution in [-0.2, 0) is 29.0 Å². The number of carbonyl (C=O) groups excluding carboxylic acids is 3. The van der Waals surface area contributed by atoms with Crippen molar-refractivity contribution < 1.29 is 37.0 Å². The van der Waals surface area contributed by atoms with Gasteiger partial charge in [-0.2, -0.15) is 4.31 Å². The molecule has 1 N–H and O–H groups in total. The van der Waals surface area contributed by atoms with E-state index in [9.17, 15) is 22.8 Å². The molecule has 1 aliphatic heterocycles. The number of rotatable bonds is 7. The molecule has 1 amide bonds. The number of carbonyl (C=O) groups is 3. The number of anilines is 1. The van der Waals surface area contributed by atoms with Crippen LogP contribution in [0.3, 0.4) is 0 Å². The summed E-state index contributed by atoms with van der Waals surface area (Å²) in [5.41, 5.74) is 0.211. The zero-order chi connectivity index (χ0) is 23.1. The summed E-state index contributed by atoms with van der Waals surface area (Å²) < 4.78 is 41.6. The lowest BCUT2D eigenvalue weighted by molar-refractivity contribution is -0.119. The fourth-order valence-corrected chi connectivity index (χ4v) is 4.48. The van der Waals surface area contributed by atoms with Crippen LogP contribution in [0.4, 0.5) is 5.69 Å². The van der Waals surface area contributed by atoms with Gasteiger partial charge in [-0.3, -0.25) is 4.79 Å². The molecule has 170 valence electrons. The lowest BCUT2D eigenvalue weighted by atomic mass is 10.1. The molecular formula is C21H22N2O8S. The molecule has 1 fully saturated rings. The van der Waals surface area contributed by atoms with Crippen LogP contribution < -0.4 is 5.32 Å². The van der Waals surface area contributed by atoms with Gasteiger partial charge in [0.05, 0.1) is 36.3 Å². The molecule has 0 aromatic heterocycles. The van der Waals surface area contributed by atoms with E-state index < -0.39 is 34.5 Å². The summed E-state index contributed by atoms with van der Waals surface area (Å²) in [5.74, 6) is -2.25.